The number of aliphatic imine (C=N–C) groups is 2. The first-order valence-corrected chi connectivity index (χ1v) is 21.5. The van der Waals surface area contributed by atoms with Gasteiger partial charge < -0.3 is 35.0 Å². The third-order valence-corrected chi connectivity index (χ3v) is 11.9. The Hall–Kier alpha value is -5.97. The number of para-hydroxylation sites is 1. The molecule has 0 atom stereocenters. The normalized spacial score (nSPS) is 14.5. The number of halogens is 1. The number of likely N-dealkylation sites (tertiary alicyclic amines) is 1. The minimum absolute atomic E-state index is 0.0761. The number of aromatic nitrogens is 1. The fourth-order valence-corrected chi connectivity index (χ4v) is 8.57. The first kappa shape index (κ1) is 46.1. The van der Waals surface area contributed by atoms with E-state index in [1.165, 1.54) is 29.2 Å². The third-order valence-electron chi connectivity index (χ3n) is 9.83. The SMILES string of the molecule is C#CCOCc1cc(NC)ccc1C[N+](C)(C)CC#Cc1ccc(OCCC/C(SCN2CCC/C(=C(C)/C(N)=N/c3nc4ccccc4s3)C2=N)=C(/N=C)C(=O)O)c(F)c1. The molecule has 1 aliphatic rings. The van der Waals surface area contributed by atoms with Crippen LogP contribution in [0.2, 0.25) is 0 Å². The second-order valence-electron chi connectivity index (χ2n) is 14.9. The molecule has 1 aliphatic heterocycles. The molecule has 1 fully saturated rings. The standard InChI is InChI=1S/C46H51FN8O4S2/c1-7-24-58-29-34-27-35(50-3)20-19-33(34)28-55(5,6)23-11-13-32-18-21-39(37(47)26-32)59-25-12-17-41(42(51-4)45(56)57)60-30-54-22-10-14-36(44(54)49)31(2)43(48)53-46-52-38-15-8-9-16-40(38)61-46/h1,8-9,15-16,18-21,26-27,49-50H,4,10,12,14,17,22-25,28-30H2,2-3,5-6H3,(H2-,48,52,53,56,57)/p+1/b36-31-,42-41-,49-44?. The molecule has 0 saturated carbocycles. The lowest BCUT2D eigenvalue weighted by atomic mass is 9.98. The number of amidine groups is 2. The molecule has 5 N–H and O–H groups in total. The summed E-state index contributed by atoms with van der Waals surface area (Å²) in [5.41, 5.74) is 12.3. The van der Waals surface area contributed by atoms with Gasteiger partial charge in [-0.1, -0.05) is 41.4 Å². The summed E-state index contributed by atoms with van der Waals surface area (Å²) >= 11 is 2.73. The van der Waals surface area contributed by atoms with Crippen LogP contribution in [-0.2, 0) is 22.7 Å². The number of allylic oxidation sites excluding steroid dienone is 1. The van der Waals surface area contributed by atoms with Gasteiger partial charge >= 0.3 is 5.97 Å². The second kappa shape index (κ2) is 22.0. The average Bonchev–Trinajstić information content (AvgIpc) is 3.65. The number of anilines is 1. The van der Waals surface area contributed by atoms with Crippen LogP contribution in [0, 0.1) is 35.4 Å². The van der Waals surface area contributed by atoms with Crippen molar-refractivity contribution >= 4 is 68.5 Å². The van der Waals surface area contributed by atoms with Gasteiger partial charge in [0.2, 0.25) is 5.13 Å². The van der Waals surface area contributed by atoms with E-state index < -0.39 is 11.8 Å². The smallest absolute Gasteiger partial charge is 0.355 e. The Kier molecular flexibility index (Phi) is 16.7. The molecule has 0 bridgehead atoms. The van der Waals surface area contributed by atoms with Gasteiger partial charge in [0.1, 0.15) is 31.4 Å². The number of benzene rings is 3. The summed E-state index contributed by atoms with van der Waals surface area (Å²) in [6.45, 7) is 7.97. The zero-order valence-corrected chi connectivity index (χ0v) is 36.6. The molecule has 1 saturated heterocycles. The topological polar surface area (TPSA) is 159 Å². The van der Waals surface area contributed by atoms with E-state index in [9.17, 15) is 9.90 Å². The average molecular weight is 864 g/mol. The van der Waals surface area contributed by atoms with Crippen LogP contribution in [-0.4, -0.2) is 97.2 Å². The summed E-state index contributed by atoms with van der Waals surface area (Å²) < 4.78 is 28.2. The molecule has 5 rings (SSSR count). The van der Waals surface area contributed by atoms with Crippen molar-refractivity contribution in [2.24, 2.45) is 15.7 Å². The van der Waals surface area contributed by atoms with Crippen molar-refractivity contribution in [3.63, 3.8) is 0 Å². The lowest BCUT2D eigenvalue weighted by molar-refractivity contribution is -0.896. The van der Waals surface area contributed by atoms with E-state index in [2.05, 4.69) is 71.0 Å². The number of hydrogen-bond donors (Lipinski definition) is 4. The van der Waals surface area contributed by atoms with Crippen molar-refractivity contribution < 1.29 is 28.2 Å². The lowest BCUT2D eigenvalue weighted by Crippen LogP contribution is -2.39. The summed E-state index contributed by atoms with van der Waals surface area (Å²) in [5, 5.41) is 22.6. The van der Waals surface area contributed by atoms with Gasteiger partial charge in [0, 0.05) is 40.9 Å². The van der Waals surface area contributed by atoms with E-state index in [0.717, 1.165) is 39.0 Å². The molecule has 1 aromatic heterocycles. The second-order valence-corrected chi connectivity index (χ2v) is 16.9. The maximum atomic E-state index is 15.2. The summed E-state index contributed by atoms with van der Waals surface area (Å²) in [6, 6.07) is 18.6. The van der Waals surface area contributed by atoms with E-state index >= 15 is 4.39 Å². The van der Waals surface area contributed by atoms with E-state index in [1.54, 1.807) is 12.1 Å². The predicted octanol–water partition coefficient (Wildman–Crippen LogP) is 8.18. The number of nitrogens with zero attached hydrogens (tertiary/aromatic N) is 5. The fourth-order valence-electron chi connectivity index (χ4n) is 6.57. The van der Waals surface area contributed by atoms with Crippen LogP contribution >= 0.6 is 23.1 Å². The number of aliphatic carboxylic acids is 1. The number of nitrogens with one attached hydrogen (secondary N) is 2. The minimum Gasteiger partial charge on any atom is -0.491 e. The van der Waals surface area contributed by atoms with Crippen molar-refractivity contribution in [2.75, 3.05) is 58.6 Å². The summed E-state index contributed by atoms with van der Waals surface area (Å²) in [6.07, 6.45) is 7.50. The van der Waals surface area contributed by atoms with Crippen molar-refractivity contribution in [3.8, 4) is 29.9 Å². The summed E-state index contributed by atoms with van der Waals surface area (Å²) in [5.74, 6) is 8.04. The van der Waals surface area contributed by atoms with Gasteiger partial charge in [-0.05, 0) is 98.8 Å². The number of carbonyl (C=O) groups is 1. The molecule has 318 valence electrons. The van der Waals surface area contributed by atoms with Crippen LogP contribution in [0.25, 0.3) is 10.2 Å². The first-order chi connectivity index (χ1) is 29.3. The first-order valence-electron chi connectivity index (χ1n) is 19.7. The van der Waals surface area contributed by atoms with E-state index in [4.69, 9.17) is 27.0 Å². The Morgan fingerprint density at radius 3 is 2.74 bits per heavy atom. The molecule has 2 heterocycles. The van der Waals surface area contributed by atoms with Gasteiger partial charge in [-0.15, -0.1) is 18.2 Å². The van der Waals surface area contributed by atoms with Gasteiger partial charge in [0.05, 0.1) is 43.4 Å². The Bertz CT molecular complexity index is 2420. The van der Waals surface area contributed by atoms with Crippen LogP contribution in [0.5, 0.6) is 5.75 Å². The van der Waals surface area contributed by atoms with Crippen LogP contribution in [0.15, 0.2) is 92.4 Å². The summed E-state index contributed by atoms with van der Waals surface area (Å²) in [4.78, 5) is 27.4. The fraction of sp³-hybridized carbons (Fsp3) is 0.326. The molecule has 3 aromatic carbocycles. The number of piperidine rings is 1. The number of fused-ring (bicyclic) bond motifs is 1. The van der Waals surface area contributed by atoms with E-state index in [-0.39, 0.29) is 24.7 Å². The highest BCUT2D eigenvalue weighted by molar-refractivity contribution is 8.03. The van der Waals surface area contributed by atoms with Crippen molar-refractivity contribution in [1.29, 1.82) is 5.41 Å². The Balaban J connectivity index is 1.15. The quantitative estimate of drug-likeness (QED) is 0.0182. The molecule has 0 radical (unpaired) electrons. The monoisotopic (exact) mass is 863 g/mol. The number of thioether (sulfide) groups is 1. The number of carboxylic acid groups (broad SMARTS) is 1. The van der Waals surface area contributed by atoms with Gasteiger partial charge in [-0.3, -0.25) is 10.4 Å². The number of terminal acetylenes is 1. The number of hydrogen-bond acceptors (Lipinski definition) is 10. The number of ether oxygens (including phenoxy) is 2. The molecule has 0 aliphatic carbocycles. The van der Waals surface area contributed by atoms with Crippen LogP contribution in [0.1, 0.15) is 49.3 Å². The highest BCUT2D eigenvalue weighted by atomic mass is 32.2. The molecule has 0 amide bonds. The third kappa shape index (κ3) is 13.0. The number of rotatable bonds is 19. The molecular weight excluding hydrogens is 812 g/mol. The summed E-state index contributed by atoms with van der Waals surface area (Å²) in [7, 11) is 6.04. The molecule has 15 heteroatoms. The van der Waals surface area contributed by atoms with Crippen LogP contribution in [0.4, 0.5) is 15.2 Å². The largest absolute Gasteiger partial charge is 0.491 e. The van der Waals surface area contributed by atoms with Crippen molar-refractivity contribution in [1.82, 2.24) is 9.88 Å². The minimum atomic E-state index is -1.20. The Morgan fingerprint density at radius 1 is 1.21 bits per heavy atom. The molecule has 0 unspecified atom stereocenters. The zero-order valence-electron chi connectivity index (χ0n) is 35.0. The van der Waals surface area contributed by atoms with Gasteiger partial charge in [0.15, 0.2) is 17.3 Å². The van der Waals surface area contributed by atoms with E-state index in [0.29, 0.717) is 88.7 Å². The van der Waals surface area contributed by atoms with E-state index in [1.807, 2.05) is 49.2 Å². The number of carboxylic acids is 1. The maximum Gasteiger partial charge on any atom is 0.355 e. The lowest BCUT2D eigenvalue weighted by Gasteiger charge is -2.32. The highest BCUT2D eigenvalue weighted by Gasteiger charge is 2.25. The number of thiazole rings is 1. The van der Waals surface area contributed by atoms with Crippen LogP contribution in [0.3, 0.4) is 0 Å². The molecule has 0 spiro atoms. The molecule has 4 aromatic rings. The van der Waals surface area contributed by atoms with Crippen molar-refractivity contribution in [3.05, 3.63) is 105 Å². The Labute approximate surface area is 365 Å². The van der Waals surface area contributed by atoms with Crippen LogP contribution < -0.4 is 15.8 Å². The van der Waals surface area contributed by atoms with Crippen molar-refractivity contribution in [2.45, 2.75) is 45.8 Å². The number of nitrogens with two attached hydrogens (primary N) is 1. The van der Waals surface area contributed by atoms with Gasteiger partial charge in [-0.25, -0.2) is 19.2 Å². The molecule has 61 heavy (non-hydrogen) atoms. The zero-order chi connectivity index (χ0) is 43.9. The highest BCUT2D eigenvalue weighted by Crippen LogP contribution is 2.32. The molecular formula is C46H52FN8O4S2+. The Morgan fingerprint density at radius 2 is 2.02 bits per heavy atom. The predicted molar refractivity (Wildman–Crippen MR) is 247 cm³/mol. The maximum absolute atomic E-state index is 15.2. The van der Waals surface area contributed by atoms with Gasteiger partial charge in [0.25, 0.3) is 0 Å². The molecule has 12 nitrogen and oxygen atoms in total. The number of quaternary nitrogens is 1. The van der Waals surface area contributed by atoms with Gasteiger partial charge in [-0.2, -0.15) is 0 Å².